The van der Waals surface area contributed by atoms with Crippen LogP contribution in [0.3, 0.4) is 0 Å². The molecule has 1 aromatic heterocycles. The van der Waals surface area contributed by atoms with Gasteiger partial charge in [-0.25, -0.2) is 4.79 Å². The molecule has 0 radical (unpaired) electrons. The van der Waals surface area contributed by atoms with E-state index in [1.54, 1.807) is 6.92 Å². The zero-order valence-corrected chi connectivity index (χ0v) is 15.1. The fourth-order valence-corrected chi connectivity index (χ4v) is 4.74. The van der Waals surface area contributed by atoms with Crippen LogP contribution in [-0.4, -0.2) is 28.0 Å². The summed E-state index contributed by atoms with van der Waals surface area (Å²) >= 11 is 2.67. The maximum atomic E-state index is 12.3. The minimum atomic E-state index is -0.530. The molecule has 1 heterocycles. The van der Waals surface area contributed by atoms with Crippen molar-refractivity contribution in [2.75, 3.05) is 6.61 Å². The molecule has 0 aliphatic carbocycles. The number of nitrogens with zero attached hydrogens (tertiary/aromatic N) is 1. The van der Waals surface area contributed by atoms with Crippen LogP contribution in [0, 0.1) is 11.3 Å². The Kier molecular flexibility index (Phi) is 5.75. The number of carbonyl (C=O) groups is 1. The van der Waals surface area contributed by atoms with E-state index in [1.165, 1.54) is 41.3 Å². The van der Waals surface area contributed by atoms with Gasteiger partial charge in [0.05, 0.1) is 16.4 Å². The van der Waals surface area contributed by atoms with Crippen molar-refractivity contribution >= 4 is 29.1 Å². The van der Waals surface area contributed by atoms with E-state index in [1.807, 2.05) is 13.8 Å². The van der Waals surface area contributed by atoms with E-state index in [9.17, 15) is 20.3 Å². The summed E-state index contributed by atoms with van der Waals surface area (Å²) in [4.78, 5) is 12.6. The molecule has 5 nitrogen and oxygen atoms in total. The summed E-state index contributed by atoms with van der Waals surface area (Å²) in [5.41, 5.74) is 1.00. The van der Waals surface area contributed by atoms with Crippen LogP contribution in [0.15, 0.2) is 22.4 Å². The number of ether oxygens (including phenoxy) is 1. The number of nitriles is 1. The molecular weight excluding hydrogens is 346 g/mol. The number of benzene rings is 1. The van der Waals surface area contributed by atoms with E-state index in [2.05, 4.69) is 6.07 Å². The van der Waals surface area contributed by atoms with Crippen LogP contribution in [-0.2, 0) is 4.74 Å². The van der Waals surface area contributed by atoms with E-state index in [0.29, 0.717) is 20.9 Å². The number of phenolic OH excluding ortho intramolecular Hbond substituents is 2. The molecule has 0 saturated heterocycles. The first kappa shape index (κ1) is 18.2. The second-order valence-electron chi connectivity index (χ2n) is 5.17. The number of thiophene rings is 1. The van der Waals surface area contributed by atoms with Crippen LogP contribution in [0.2, 0.25) is 0 Å². The molecule has 126 valence electrons. The van der Waals surface area contributed by atoms with E-state index in [4.69, 9.17) is 4.74 Å². The highest BCUT2D eigenvalue weighted by Gasteiger charge is 2.27. The van der Waals surface area contributed by atoms with Crippen LogP contribution in [0.25, 0.3) is 11.1 Å². The van der Waals surface area contributed by atoms with Gasteiger partial charge in [0.25, 0.3) is 0 Å². The molecule has 0 amide bonds. The summed E-state index contributed by atoms with van der Waals surface area (Å²) < 4.78 is 5.80. The largest absolute Gasteiger partial charge is 0.508 e. The minimum Gasteiger partial charge on any atom is -0.508 e. The minimum absolute atomic E-state index is 0.0977. The van der Waals surface area contributed by atoms with Crippen molar-refractivity contribution in [3.05, 3.63) is 28.6 Å². The van der Waals surface area contributed by atoms with Gasteiger partial charge in [-0.2, -0.15) is 5.26 Å². The summed E-state index contributed by atoms with van der Waals surface area (Å²) in [6.07, 6.45) is 0. The lowest BCUT2D eigenvalue weighted by Crippen LogP contribution is -2.04. The normalized spacial score (nSPS) is 10.6. The monoisotopic (exact) mass is 363 g/mol. The molecule has 0 atom stereocenters. The second-order valence-corrected chi connectivity index (χ2v) is 8.03. The quantitative estimate of drug-likeness (QED) is 0.605. The first-order chi connectivity index (χ1) is 11.4. The van der Waals surface area contributed by atoms with Gasteiger partial charge in [-0.15, -0.1) is 23.1 Å². The average molecular weight is 363 g/mol. The lowest BCUT2D eigenvalue weighted by atomic mass is 10.0. The van der Waals surface area contributed by atoms with Crippen molar-refractivity contribution in [2.24, 2.45) is 0 Å². The molecule has 0 fully saturated rings. The molecular formula is C17H17NO4S2. The molecule has 0 aliphatic heterocycles. The van der Waals surface area contributed by atoms with Gasteiger partial charge in [0.1, 0.15) is 22.4 Å². The third-order valence-corrected chi connectivity index (χ3v) is 5.43. The molecule has 0 unspecified atom stereocenters. The molecule has 2 N–H and O–H groups in total. The number of aromatic hydroxyl groups is 2. The van der Waals surface area contributed by atoms with Gasteiger partial charge in [0, 0.05) is 22.4 Å². The van der Waals surface area contributed by atoms with Gasteiger partial charge in [0.15, 0.2) is 0 Å². The molecule has 7 heteroatoms. The maximum absolute atomic E-state index is 12.3. The maximum Gasteiger partial charge on any atom is 0.349 e. The fraction of sp³-hybridized carbons (Fsp3) is 0.294. The zero-order chi connectivity index (χ0) is 17.9. The Morgan fingerprint density at radius 2 is 2.12 bits per heavy atom. The molecule has 0 aliphatic rings. The Balaban J connectivity index is 2.72. The van der Waals surface area contributed by atoms with Crippen LogP contribution in [0.1, 0.15) is 36.0 Å². The number of hydrogen-bond acceptors (Lipinski definition) is 7. The Labute approximate surface area is 148 Å². The SMILES string of the molecule is CCOC(=O)c1sc(SC(C)C)c(C#N)c1-c1ccc(O)cc1O. The zero-order valence-electron chi connectivity index (χ0n) is 13.5. The van der Waals surface area contributed by atoms with Crippen LogP contribution < -0.4 is 0 Å². The van der Waals surface area contributed by atoms with Gasteiger partial charge < -0.3 is 14.9 Å². The predicted octanol–water partition coefficient (Wildman–Crippen LogP) is 4.38. The molecule has 2 rings (SSSR count). The highest BCUT2D eigenvalue weighted by atomic mass is 32.2. The molecule has 24 heavy (non-hydrogen) atoms. The summed E-state index contributed by atoms with van der Waals surface area (Å²) in [5.74, 6) is -0.826. The van der Waals surface area contributed by atoms with Crippen molar-refractivity contribution in [1.29, 1.82) is 5.26 Å². The standard InChI is InChI=1S/C17H17NO4S2/c1-4-22-16(21)15-14(11-6-5-10(19)7-13(11)20)12(8-18)17(24-15)23-9(2)3/h5-7,9,19-20H,4H2,1-3H3. The second kappa shape index (κ2) is 7.60. The van der Waals surface area contributed by atoms with Crippen LogP contribution in [0.5, 0.6) is 11.5 Å². The van der Waals surface area contributed by atoms with Gasteiger partial charge >= 0.3 is 5.97 Å². The van der Waals surface area contributed by atoms with Crippen molar-refractivity contribution in [3.8, 4) is 28.7 Å². The van der Waals surface area contributed by atoms with Crippen molar-refractivity contribution in [2.45, 2.75) is 30.2 Å². The molecule has 0 saturated carbocycles. The summed E-state index contributed by atoms with van der Waals surface area (Å²) in [5, 5.41) is 29.5. The Morgan fingerprint density at radius 1 is 1.42 bits per heavy atom. The van der Waals surface area contributed by atoms with Gasteiger partial charge in [-0.05, 0) is 19.1 Å². The lowest BCUT2D eigenvalue weighted by molar-refractivity contribution is 0.0533. The lowest BCUT2D eigenvalue weighted by Gasteiger charge is -2.07. The van der Waals surface area contributed by atoms with Crippen LogP contribution in [0.4, 0.5) is 0 Å². The first-order valence-electron chi connectivity index (χ1n) is 7.32. The smallest absolute Gasteiger partial charge is 0.349 e. The number of thioether (sulfide) groups is 1. The number of phenols is 2. The van der Waals surface area contributed by atoms with Crippen molar-refractivity contribution in [1.82, 2.24) is 0 Å². The van der Waals surface area contributed by atoms with Crippen molar-refractivity contribution in [3.63, 3.8) is 0 Å². The number of rotatable bonds is 5. The number of carbonyl (C=O) groups excluding carboxylic acids is 1. The Bertz CT molecular complexity index is 806. The van der Waals surface area contributed by atoms with E-state index in [-0.39, 0.29) is 28.2 Å². The van der Waals surface area contributed by atoms with E-state index >= 15 is 0 Å². The Morgan fingerprint density at radius 3 is 2.67 bits per heavy atom. The summed E-state index contributed by atoms with van der Waals surface area (Å²) in [6, 6.07) is 6.20. The van der Waals surface area contributed by atoms with Gasteiger partial charge in [-0.1, -0.05) is 13.8 Å². The molecule has 0 bridgehead atoms. The number of esters is 1. The van der Waals surface area contributed by atoms with Gasteiger partial charge in [0.2, 0.25) is 0 Å². The molecule has 2 aromatic rings. The van der Waals surface area contributed by atoms with Gasteiger partial charge in [-0.3, -0.25) is 0 Å². The fourth-order valence-electron chi connectivity index (χ4n) is 2.14. The number of hydrogen-bond donors (Lipinski definition) is 2. The molecule has 1 aromatic carbocycles. The highest BCUT2D eigenvalue weighted by Crippen LogP contribution is 2.45. The topological polar surface area (TPSA) is 90.6 Å². The predicted molar refractivity (Wildman–Crippen MR) is 94.7 cm³/mol. The average Bonchev–Trinajstić information content (AvgIpc) is 2.85. The highest BCUT2D eigenvalue weighted by molar-refractivity contribution is 8.01. The van der Waals surface area contributed by atoms with Crippen molar-refractivity contribution < 1.29 is 19.7 Å². The third-order valence-electron chi connectivity index (χ3n) is 3.04. The first-order valence-corrected chi connectivity index (χ1v) is 9.01. The summed E-state index contributed by atoms with van der Waals surface area (Å²) in [6.45, 7) is 5.91. The van der Waals surface area contributed by atoms with E-state index < -0.39 is 5.97 Å². The summed E-state index contributed by atoms with van der Waals surface area (Å²) in [7, 11) is 0. The van der Waals surface area contributed by atoms with E-state index in [0.717, 1.165) is 0 Å². The Hall–Kier alpha value is -2.17. The molecule has 0 spiro atoms. The van der Waals surface area contributed by atoms with Crippen LogP contribution >= 0.6 is 23.1 Å². The third kappa shape index (κ3) is 3.66.